The number of rotatable bonds is 5. The van der Waals surface area contributed by atoms with Gasteiger partial charge in [-0.2, -0.15) is 0 Å². The lowest BCUT2D eigenvalue weighted by atomic mass is 9.88. The number of hydrogen-bond donors (Lipinski definition) is 2. The predicted octanol–water partition coefficient (Wildman–Crippen LogP) is 2.79. The highest BCUT2D eigenvalue weighted by Crippen LogP contribution is 2.22. The summed E-state index contributed by atoms with van der Waals surface area (Å²) >= 11 is 0. The lowest BCUT2D eigenvalue weighted by Crippen LogP contribution is -2.55. The second-order valence-corrected chi connectivity index (χ2v) is 6.48. The molecule has 0 saturated heterocycles. The normalized spacial score (nSPS) is 14.7. The Labute approximate surface area is 122 Å². The molecule has 1 amide bonds. The van der Waals surface area contributed by atoms with Gasteiger partial charge in [0.15, 0.2) is 0 Å². The molecule has 3 N–H and O–H groups in total. The molecule has 4 heteroatoms. The molecule has 0 saturated carbocycles. The molecule has 0 aliphatic carbocycles. The van der Waals surface area contributed by atoms with Crippen molar-refractivity contribution in [1.82, 2.24) is 9.88 Å². The van der Waals surface area contributed by atoms with Gasteiger partial charge >= 0.3 is 0 Å². The summed E-state index contributed by atoms with van der Waals surface area (Å²) in [7, 11) is 0. The van der Waals surface area contributed by atoms with Crippen molar-refractivity contribution < 1.29 is 4.79 Å². The molecule has 4 nitrogen and oxygen atoms in total. The minimum atomic E-state index is -0.378. The SMILES string of the molecule is Cc1cc(C(=O)NC(C)(CN)C(C)C)c(C)n1C(C)C. The molecule has 0 radical (unpaired) electrons. The Morgan fingerprint density at radius 3 is 2.25 bits per heavy atom. The molecule has 1 unspecified atom stereocenters. The summed E-state index contributed by atoms with van der Waals surface area (Å²) in [4.78, 5) is 12.6. The van der Waals surface area contributed by atoms with E-state index in [2.05, 4.69) is 37.6 Å². The average Bonchev–Trinajstić information content (AvgIpc) is 2.64. The third kappa shape index (κ3) is 3.06. The third-order valence-electron chi connectivity index (χ3n) is 4.34. The monoisotopic (exact) mass is 279 g/mol. The van der Waals surface area contributed by atoms with Crippen molar-refractivity contribution in [3.05, 3.63) is 23.0 Å². The molecule has 20 heavy (non-hydrogen) atoms. The molecular weight excluding hydrogens is 250 g/mol. The first kappa shape index (κ1) is 16.8. The van der Waals surface area contributed by atoms with Crippen LogP contribution in [0.15, 0.2) is 6.07 Å². The van der Waals surface area contributed by atoms with E-state index in [0.717, 1.165) is 17.0 Å². The molecule has 0 bridgehead atoms. The van der Waals surface area contributed by atoms with Crippen LogP contribution in [-0.4, -0.2) is 22.6 Å². The smallest absolute Gasteiger partial charge is 0.253 e. The van der Waals surface area contributed by atoms with Crippen LogP contribution in [0.25, 0.3) is 0 Å². The average molecular weight is 279 g/mol. The van der Waals surface area contributed by atoms with Crippen LogP contribution in [0.4, 0.5) is 0 Å². The van der Waals surface area contributed by atoms with Gasteiger partial charge in [0.05, 0.1) is 11.1 Å². The Hall–Kier alpha value is -1.29. The molecule has 0 aromatic carbocycles. The number of nitrogens with zero attached hydrogens (tertiary/aromatic N) is 1. The number of hydrogen-bond acceptors (Lipinski definition) is 2. The summed E-state index contributed by atoms with van der Waals surface area (Å²) in [6.45, 7) is 14.9. The fourth-order valence-corrected chi connectivity index (χ4v) is 2.56. The molecular formula is C16H29N3O. The maximum atomic E-state index is 12.6. The van der Waals surface area contributed by atoms with Gasteiger partial charge in [-0.3, -0.25) is 4.79 Å². The fraction of sp³-hybridized carbons (Fsp3) is 0.688. The third-order valence-corrected chi connectivity index (χ3v) is 4.34. The topological polar surface area (TPSA) is 60.1 Å². The van der Waals surface area contributed by atoms with Gasteiger partial charge in [-0.1, -0.05) is 13.8 Å². The first-order valence-electron chi connectivity index (χ1n) is 7.35. The van der Waals surface area contributed by atoms with Crippen molar-refractivity contribution in [3.63, 3.8) is 0 Å². The summed E-state index contributed by atoms with van der Waals surface area (Å²) in [5.41, 5.74) is 8.33. The van der Waals surface area contributed by atoms with Gasteiger partial charge in [-0.25, -0.2) is 0 Å². The van der Waals surface area contributed by atoms with E-state index in [1.54, 1.807) is 0 Å². The maximum Gasteiger partial charge on any atom is 0.253 e. The van der Waals surface area contributed by atoms with Crippen molar-refractivity contribution in [2.24, 2.45) is 11.7 Å². The predicted molar refractivity (Wildman–Crippen MR) is 84.1 cm³/mol. The highest BCUT2D eigenvalue weighted by molar-refractivity contribution is 5.96. The number of carbonyl (C=O) groups excluding carboxylic acids is 1. The van der Waals surface area contributed by atoms with E-state index in [0.29, 0.717) is 12.6 Å². The Balaban J connectivity index is 3.08. The quantitative estimate of drug-likeness (QED) is 0.870. The number of carbonyl (C=O) groups is 1. The number of aryl methyl sites for hydroxylation is 1. The zero-order valence-corrected chi connectivity index (χ0v) is 13.9. The zero-order valence-electron chi connectivity index (χ0n) is 13.9. The fourth-order valence-electron chi connectivity index (χ4n) is 2.56. The van der Waals surface area contributed by atoms with Crippen molar-refractivity contribution in [3.8, 4) is 0 Å². The van der Waals surface area contributed by atoms with Crippen LogP contribution in [0.1, 0.15) is 62.4 Å². The van der Waals surface area contributed by atoms with Crippen LogP contribution in [0.3, 0.4) is 0 Å². The van der Waals surface area contributed by atoms with Gasteiger partial charge in [0.25, 0.3) is 5.91 Å². The van der Waals surface area contributed by atoms with Crippen molar-refractivity contribution >= 4 is 5.91 Å². The summed E-state index contributed by atoms with van der Waals surface area (Å²) in [5, 5.41) is 3.10. The summed E-state index contributed by atoms with van der Waals surface area (Å²) in [6.07, 6.45) is 0. The van der Waals surface area contributed by atoms with Crippen molar-refractivity contribution in [2.45, 2.75) is 60.0 Å². The Bertz CT molecular complexity index is 488. The van der Waals surface area contributed by atoms with E-state index in [1.165, 1.54) is 0 Å². The zero-order chi connectivity index (χ0) is 15.7. The van der Waals surface area contributed by atoms with E-state index in [-0.39, 0.29) is 17.4 Å². The van der Waals surface area contributed by atoms with E-state index >= 15 is 0 Å². The molecule has 1 atom stereocenters. The number of amides is 1. The molecule has 1 aromatic rings. The molecule has 0 aliphatic heterocycles. The highest BCUT2D eigenvalue weighted by atomic mass is 16.1. The molecule has 1 rings (SSSR count). The molecule has 0 fully saturated rings. The Kier molecular flexibility index (Phi) is 5.03. The van der Waals surface area contributed by atoms with Crippen LogP contribution >= 0.6 is 0 Å². The molecule has 0 spiro atoms. The summed E-state index contributed by atoms with van der Waals surface area (Å²) < 4.78 is 2.18. The minimum absolute atomic E-state index is 0.0355. The first-order valence-corrected chi connectivity index (χ1v) is 7.35. The number of nitrogens with two attached hydrogens (primary N) is 1. The minimum Gasteiger partial charge on any atom is -0.346 e. The van der Waals surface area contributed by atoms with Crippen molar-refractivity contribution in [1.29, 1.82) is 0 Å². The van der Waals surface area contributed by atoms with Gasteiger partial charge in [0.2, 0.25) is 0 Å². The Morgan fingerprint density at radius 2 is 1.90 bits per heavy atom. The largest absolute Gasteiger partial charge is 0.346 e. The molecule has 1 aromatic heterocycles. The standard InChI is InChI=1S/C16H29N3O/c1-10(2)16(7,9-17)18-15(20)14-8-12(5)19(11(3)4)13(14)6/h8,10-11H,9,17H2,1-7H3,(H,18,20). The maximum absolute atomic E-state index is 12.6. The highest BCUT2D eigenvalue weighted by Gasteiger charge is 2.30. The van der Waals surface area contributed by atoms with Crippen LogP contribution in [0.5, 0.6) is 0 Å². The molecule has 114 valence electrons. The van der Waals surface area contributed by atoms with E-state index in [1.807, 2.05) is 26.8 Å². The second kappa shape index (κ2) is 6.00. The van der Waals surface area contributed by atoms with E-state index in [9.17, 15) is 4.79 Å². The Morgan fingerprint density at radius 1 is 1.35 bits per heavy atom. The van der Waals surface area contributed by atoms with Gasteiger partial charge in [0.1, 0.15) is 0 Å². The van der Waals surface area contributed by atoms with Gasteiger partial charge in [-0.15, -0.1) is 0 Å². The summed E-state index contributed by atoms with van der Waals surface area (Å²) in [5.74, 6) is 0.247. The molecule has 1 heterocycles. The van der Waals surface area contributed by atoms with Gasteiger partial charge in [-0.05, 0) is 46.6 Å². The lowest BCUT2D eigenvalue weighted by molar-refractivity contribution is 0.0882. The number of aromatic nitrogens is 1. The van der Waals surface area contributed by atoms with E-state index < -0.39 is 0 Å². The van der Waals surface area contributed by atoms with Gasteiger partial charge in [0, 0.05) is 24.0 Å². The summed E-state index contributed by atoms with van der Waals surface area (Å²) in [6, 6.07) is 2.31. The molecule has 0 aliphatic rings. The van der Waals surface area contributed by atoms with Crippen LogP contribution in [0, 0.1) is 19.8 Å². The number of nitrogens with one attached hydrogen (secondary N) is 1. The van der Waals surface area contributed by atoms with Crippen molar-refractivity contribution in [2.75, 3.05) is 6.54 Å². The van der Waals surface area contributed by atoms with Crippen LogP contribution < -0.4 is 11.1 Å². The van der Waals surface area contributed by atoms with Crippen LogP contribution in [0.2, 0.25) is 0 Å². The second-order valence-electron chi connectivity index (χ2n) is 6.48. The van der Waals surface area contributed by atoms with Gasteiger partial charge < -0.3 is 15.6 Å². The lowest BCUT2D eigenvalue weighted by Gasteiger charge is -2.33. The van der Waals surface area contributed by atoms with Crippen LogP contribution in [-0.2, 0) is 0 Å². The van der Waals surface area contributed by atoms with E-state index in [4.69, 9.17) is 5.73 Å². The first-order chi connectivity index (χ1) is 9.14.